The summed E-state index contributed by atoms with van der Waals surface area (Å²) in [5.41, 5.74) is 0. The lowest BCUT2D eigenvalue weighted by Crippen LogP contribution is -2.10. The molecule has 48 valence electrons. The maximum Gasteiger partial charge on any atom is 0.448 e. The number of hydrogen-bond acceptors (Lipinski definition) is 1. The van der Waals surface area contributed by atoms with Crippen LogP contribution in [0.1, 0.15) is 6.92 Å². The van der Waals surface area contributed by atoms with Crippen LogP contribution < -0.4 is 0 Å². The van der Waals surface area contributed by atoms with Crippen molar-refractivity contribution in [2.24, 2.45) is 0 Å². The number of halogens is 3. The Kier molecular flexibility index (Phi) is 1.89. The molecule has 0 aromatic carbocycles. The molecular weight excluding hydrogens is 121 g/mol. The van der Waals surface area contributed by atoms with E-state index >= 15 is 0 Å². The van der Waals surface area contributed by atoms with Crippen LogP contribution in [0.5, 0.6) is 0 Å². The topological polar surface area (TPSA) is 20.2 Å². The van der Waals surface area contributed by atoms with Crippen LogP contribution in [0.4, 0.5) is 13.2 Å². The van der Waals surface area contributed by atoms with Crippen molar-refractivity contribution in [1.82, 2.24) is 0 Å². The van der Waals surface area contributed by atoms with Gasteiger partial charge in [-0.1, -0.05) is 0 Å². The maximum absolute atomic E-state index is 11.1. The average Bonchev–Trinajstić information content (AvgIpc) is 1.62. The Hall–Kier alpha value is -0.670. The van der Waals surface area contributed by atoms with E-state index in [1.165, 1.54) is 0 Å². The Morgan fingerprint density at radius 1 is 1.50 bits per heavy atom. The van der Waals surface area contributed by atoms with Gasteiger partial charge in [-0.2, -0.15) is 13.2 Å². The number of hydrogen-bond donors (Lipinski definition) is 1. The van der Waals surface area contributed by atoms with E-state index in [2.05, 4.69) is 0 Å². The van der Waals surface area contributed by atoms with E-state index in [1.54, 1.807) is 0 Å². The van der Waals surface area contributed by atoms with E-state index in [9.17, 15) is 13.2 Å². The summed E-state index contributed by atoms with van der Waals surface area (Å²) in [6, 6.07) is 0. The molecular formula is C4H5F3O. The van der Waals surface area contributed by atoms with Gasteiger partial charge in [0.2, 0.25) is 0 Å². The quantitative estimate of drug-likeness (QED) is 0.492. The minimum Gasteiger partial charge on any atom is -0.504 e. The summed E-state index contributed by atoms with van der Waals surface area (Å²) in [7, 11) is 0. The first-order chi connectivity index (χ1) is 3.48. The highest BCUT2D eigenvalue weighted by molar-refractivity contribution is 4.95. The molecule has 0 unspecified atom stereocenters. The van der Waals surface area contributed by atoms with E-state index in [1.807, 2.05) is 0 Å². The van der Waals surface area contributed by atoms with Crippen molar-refractivity contribution >= 4 is 0 Å². The molecule has 1 nitrogen and oxygen atoms in total. The molecule has 0 aliphatic heterocycles. The van der Waals surface area contributed by atoms with Gasteiger partial charge in [0.15, 0.2) is 5.76 Å². The van der Waals surface area contributed by atoms with Gasteiger partial charge in [-0.3, -0.25) is 0 Å². The van der Waals surface area contributed by atoms with Gasteiger partial charge in [0.1, 0.15) is 0 Å². The number of rotatable bonds is 0. The first-order valence-electron chi connectivity index (χ1n) is 1.91. The summed E-state index contributed by atoms with van der Waals surface area (Å²) < 4.78 is 33.4. The number of alkyl halides is 3. The summed E-state index contributed by atoms with van der Waals surface area (Å²) in [5.74, 6) is -1.54. The minimum absolute atomic E-state index is 0.597. The fourth-order valence-corrected chi connectivity index (χ4v) is 0.164. The van der Waals surface area contributed by atoms with Gasteiger partial charge in [-0.05, 0) is 13.0 Å². The molecule has 0 bridgehead atoms. The Labute approximate surface area is 44.4 Å². The lowest BCUT2D eigenvalue weighted by atomic mass is 10.5. The normalized spacial score (nSPS) is 14.2. The lowest BCUT2D eigenvalue weighted by molar-refractivity contribution is -0.120. The Morgan fingerprint density at radius 3 is 1.88 bits per heavy atom. The van der Waals surface area contributed by atoms with Gasteiger partial charge >= 0.3 is 6.18 Å². The molecule has 0 saturated carbocycles. The Morgan fingerprint density at radius 2 is 1.88 bits per heavy atom. The predicted octanol–water partition coefficient (Wildman–Crippen LogP) is 2.01. The van der Waals surface area contributed by atoms with Crippen LogP contribution in [0.3, 0.4) is 0 Å². The van der Waals surface area contributed by atoms with Crippen LogP contribution in [-0.4, -0.2) is 11.3 Å². The van der Waals surface area contributed by atoms with E-state index in [-0.39, 0.29) is 0 Å². The third-order valence-electron chi connectivity index (χ3n) is 0.564. The molecule has 0 aromatic heterocycles. The van der Waals surface area contributed by atoms with Gasteiger partial charge < -0.3 is 5.11 Å². The van der Waals surface area contributed by atoms with Crippen molar-refractivity contribution in [3.63, 3.8) is 0 Å². The number of aliphatic hydroxyl groups excluding tert-OH is 1. The molecule has 0 atom stereocenters. The number of aliphatic hydroxyl groups is 1. The zero-order valence-corrected chi connectivity index (χ0v) is 4.16. The highest BCUT2D eigenvalue weighted by atomic mass is 19.4. The van der Waals surface area contributed by atoms with Gasteiger partial charge in [-0.15, -0.1) is 0 Å². The Bertz CT molecular complexity index is 102. The second-order valence-corrected chi connectivity index (χ2v) is 1.17. The molecule has 0 spiro atoms. The first-order valence-corrected chi connectivity index (χ1v) is 1.91. The SMILES string of the molecule is C/C=C(/O)C(F)(F)F. The van der Waals surface area contributed by atoms with E-state index in [0.29, 0.717) is 6.08 Å². The van der Waals surface area contributed by atoms with Crippen LogP contribution in [0.15, 0.2) is 11.8 Å². The smallest absolute Gasteiger partial charge is 0.448 e. The third kappa shape index (κ3) is 1.86. The zero-order chi connectivity index (χ0) is 6.78. The van der Waals surface area contributed by atoms with E-state index < -0.39 is 11.9 Å². The highest BCUT2D eigenvalue weighted by Crippen LogP contribution is 2.22. The molecule has 0 heterocycles. The van der Waals surface area contributed by atoms with E-state index in [0.717, 1.165) is 6.92 Å². The molecule has 0 aromatic rings. The van der Waals surface area contributed by atoms with Crippen molar-refractivity contribution in [2.75, 3.05) is 0 Å². The predicted molar refractivity (Wildman–Crippen MR) is 22.4 cm³/mol. The second kappa shape index (κ2) is 2.07. The average molecular weight is 126 g/mol. The third-order valence-corrected chi connectivity index (χ3v) is 0.564. The summed E-state index contributed by atoms with van der Waals surface area (Å²) in [6.07, 6.45) is -3.98. The van der Waals surface area contributed by atoms with Crippen LogP contribution in [0.2, 0.25) is 0 Å². The van der Waals surface area contributed by atoms with Gasteiger partial charge in [-0.25, -0.2) is 0 Å². The highest BCUT2D eigenvalue weighted by Gasteiger charge is 2.32. The monoisotopic (exact) mass is 126 g/mol. The van der Waals surface area contributed by atoms with E-state index in [4.69, 9.17) is 5.11 Å². The van der Waals surface area contributed by atoms with Crippen molar-refractivity contribution in [2.45, 2.75) is 13.1 Å². The molecule has 0 aliphatic carbocycles. The first kappa shape index (κ1) is 7.33. The van der Waals surface area contributed by atoms with Crippen LogP contribution in [0.25, 0.3) is 0 Å². The maximum atomic E-state index is 11.1. The summed E-state index contributed by atoms with van der Waals surface area (Å²) in [4.78, 5) is 0. The van der Waals surface area contributed by atoms with Gasteiger partial charge in [0.25, 0.3) is 0 Å². The second-order valence-electron chi connectivity index (χ2n) is 1.17. The largest absolute Gasteiger partial charge is 0.504 e. The Balaban J connectivity index is 4.03. The molecule has 0 fully saturated rings. The molecule has 4 heteroatoms. The summed E-state index contributed by atoms with van der Waals surface area (Å²) in [5, 5.41) is 7.93. The molecule has 0 aliphatic rings. The van der Waals surface area contributed by atoms with Gasteiger partial charge in [0.05, 0.1) is 0 Å². The molecule has 0 saturated heterocycles. The zero-order valence-electron chi connectivity index (χ0n) is 4.16. The van der Waals surface area contributed by atoms with Gasteiger partial charge in [0, 0.05) is 0 Å². The standard InChI is InChI=1S/C4H5F3O/c1-2-3(8)4(5,6)7/h2,8H,1H3/b3-2+. The molecule has 8 heavy (non-hydrogen) atoms. The fourth-order valence-electron chi connectivity index (χ4n) is 0.164. The van der Waals surface area contributed by atoms with Crippen molar-refractivity contribution in [3.8, 4) is 0 Å². The van der Waals surface area contributed by atoms with Crippen LogP contribution in [-0.2, 0) is 0 Å². The van der Waals surface area contributed by atoms with Crippen molar-refractivity contribution in [1.29, 1.82) is 0 Å². The summed E-state index contributed by atoms with van der Waals surface area (Å²) >= 11 is 0. The minimum atomic E-state index is -4.57. The van der Waals surface area contributed by atoms with Crippen molar-refractivity contribution in [3.05, 3.63) is 11.8 Å². The molecule has 1 N–H and O–H groups in total. The lowest BCUT2D eigenvalue weighted by Gasteiger charge is -2.01. The molecule has 0 radical (unpaired) electrons. The fraction of sp³-hybridized carbons (Fsp3) is 0.500. The number of allylic oxidation sites excluding steroid dienone is 2. The van der Waals surface area contributed by atoms with Crippen molar-refractivity contribution < 1.29 is 18.3 Å². The molecule has 0 rings (SSSR count). The molecule has 0 amide bonds. The van der Waals surface area contributed by atoms with Crippen LogP contribution in [0, 0.1) is 0 Å². The van der Waals surface area contributed by atoms with Crippen LogP contribution >= 0.6 is 0 Å². The summed E-state index contributed by atoms with van der Waals surface area (Å²) in [6.45, 7) is 1.11.